The molecule has 0 aliphatic rings. The smallest absolute Gasteiger partial charge is 0.361 e. The number of hydrogen-bond acceptors (Lipinski definition) is 6. The summed E-state index contributed by atoms with van der Waals surface area (Å²) in [6.45, 7) is 1.23. The number of carbonyl (C=O) groups excluding carboxylic acids is 1. The molecule has 0 amide bonds. The number of nitrogens with zero attached hydrogens (tertiary/aromatic N) is 3. The Labute approximate surface area is 108 Å². The van der Waals surface area contributed by atoms with Crippen LogP contribution in [0.1, 0.15) is 29.5 Å². The minimum Gasteiger partial charge on any atom is -0.461 e. The van der Waals surface area contributed by atoms with Crippen molar-refractivity contribution in [2.75, 3.05) is 18.6 Å². The van der Waals surface area contributed by atoms with Crippen LogP contribution in [-0.2, 0) is 21.1 Å². The molecular formula is C9H13F2N3O4S. The van der Waals surface area contributed by atoms with Crippen LogP contribution < -0.4 is 0 Å². The molecule has 19 heavy (non-hydrogen) atoms. The number of hydrogen-bond donors (Lipinski definition) is 0. The lowest BCUT2D eigenvalue weighted by atomic mass is 10.3. The van der Waals surface area contributed by atoms with Gasteiger partial charge in [-0.15, -0.1) is 5.10 Å². The van der Waals surface area contributed by atoms with E-state index in [1.807, 2.05) is 0 Å². The lowest BCUT2D eigenvalue weighted by molar-refractivity contribution is 0.0506. The second-order valence-corrected chi connectivity index (χ2v) is 5.96. The first-order valence-corrected chi connectivity index (χ1v) is 7.38. The lowest BCUT2D eigenvalue weighted by Crippen LogP contribution is -2.16. The molecule has 0 fully saturated rings. The number of halogens is 2. The zero-order valence-electron chi connectivity index (χ0n) is 10.3. The zero-order chi connectivity index (χ0) is 14.6. The Morgan fingerprint density at radius 2 is 2.11 bits per heavy atom. The summed E-state index contributed by atoms with van der Waals surface area (Å²) in [5.41, 5.74) is -1.33. The first kappa shape index (κ1) is 15.5. The SMILES string of the molecule is CCOC(=O)c1nnn(CCS(C)(=O)=O)c1C(F)F. The minimum atomic E-state index is -3.34. The Bertz CT molecular complexity index is 556. The summed E-state index contributed by atoms with van der Waals surface area (Å²) in [6.07, 6.45) is -2.04. The zero-order valence-corrected chi connectivity index (χ0v) is 11.2. The number of sulfone groups is 1. The molecule has 0 N–H and O–H groups in total. The third-order valence-electron chi connectivity index (χ3n) is 2.12. The summed E-state index contributed by atoms with van der Waals surface area (Å²) in [5.74, 6) is -1.39. The number of esters is 1. The van der Waals surface area contributed by atoms with Crippen LogP contribution in [-0.4, -0.2) is 48.0 Å². The molecule has 0 spiro atoms. The molecule has 0 unspecified atom stereocenters. The Balaban J connectivity index is 3.03. The number of aryl methyl sites for hydroxylation is 1. The lowest BCUT2D eigenvalue weighted by Gasteiger charge is -2.06. The highest BCUT2D eigenvalue weighted by atomic mass is 32.2. The third-order valence-corrected chi connectivity index (χ3v) is 3.05. The molecular weight excluding hydrogens is 284 g/mol. The molecule has 0 aliphatic heterocycles. The van der Waals surface area contributed by atoms with Gasteiger partial charge in [-0.05, 0) is 6.92 Å². The molecule has 0 saturated heterocycles. The van der Waals surface area contributed by atoms with E-state index in [1.165, 1.54) is 6.92 Å². The molecule has 0 radical (unpaired) electrons. The van der Waals surface area contributed by atoms with Crippen LogP contribution >= 0.6 is 0 Å². The van der Waals surface area contributed by atoms with Crippen molar-refractivity contribution in [1.82, 2.24) is 15.0 Å². The molecule has 7 nitrogen and oxygen atoms in total. The number of aromatic nitrogens is 3. The van der Waals surface area contributed by atoms with Crippen LogP contribution in [0, 0.1) is 0 Å². The van der Waals surface area contributed by atoms with Crippen molar-refractivity contribution < 1.29 is 26.7 Å². The van der Waals surface area contributed by atoms with Crippen molar-refractivity contribution in [2.24, 2.45) is 0 Å². The Kier molecular flexibility index (Phi) is 4.92. The highest BCUT2D eigenvalue weighted by Crippen LogP contribution is 2.22. The fourth-order valence-corrected chi connectivity index (χ4v) is 1.80. The topological polar surface area (TPSA) is 91.2 Å². The molecule has 1 aromatic rings. The predicted octanol–water partition coefficient (Wildman–Crippen LogP) is 0.437. The molecule has 1 heterocycles. The van der Waals surface area contributed by atoms with Crippen molar-refractivity contribution in [3.63, 3.8) is 0 Å². The number of carbonyl (C=O) groups is 1. The van der Waals surface area contributed by atoms with E-state index in [0.29, 0.717) is 4.68 Å². The maximum absolute atomic E-state index is 12.9. The van der Waals surface area contributed by atoms with Gasteiger partial charge in [-0.25, -0.2) is 26.7 Å². The van der Waals surface area contributed by atoms with Crippen LogP contribution in [0.5, 0.6) is 0 Å². The number of rotatable bonds is 6. The van der Waals surface area contributed by atoms with E-state index in [4.69, 9.17) is 0 Å². The fourth-order valence-electron chi connectivity index (χ4n) is 1.30. The van der Waals surface area contributed by atoms with Crippen LogP contribution in [0.4, 0.5) is 8.78 Å². The van der Waals surface area contributed by atoms with Crippen molar-refractivity contribution in [3.05, 3.63) is 11.4 Å². The molecule has 0 atom stereocenters. The van der Waals surface area contributed by atoms with Gasteiger partial charge in [0.15, 0.2) is 5.69 Å². The van der Waals surface area contributed by atoms with Gasteiger partial charge in [0, 0.05) is 6.26 Å². The van der Waals surface area contributed by atoms with Gasteiger partial charge in [0.25, 0.3) is 6.43 Å². The quantitative estimate of drug-likeness (QED) is 0.707. The molecule has 0 aromatic carbocycles. The van der Waals surface area contributed by atoms with E-state index >= 15 is 0 Å². The summed E-state index contributed by atoms with van der Waals surface area (Å²) in [6, 6.07) is 0. The van der Waals surface area contributed by atoms with E-state index in [0.717, 1.165) is 6.26 Å². The highest BCUT2D eigenvalue weighted by molar-refractivity contribution is 7.90. The van der Waals surface area contributed by atoms with Crippen molar-refractivity contribution in [3.8, 4) is 0 Å². The second-order valence-electron chi connectivity index (χ2n) is 3.70. The van der Waals surface area contributed by atoms with Gasteiger partial charge in [-0.3, -0.25) is 0 Å². The molecule has 108 valence electrons. The van der Waals surface area contributed by atoms with E-state index in [1.54, 1.807) is 0 Å². The number of alkyl halides is 2. The first-order valence-electron chi connectivity index (χ1n) is 5.32. The predicted molar refractivity (Wildman–Crippen MR) is 60.6 cm³/mol. The van der Waals surface area contributed by atoms with Crippen molar-refractivity contribution in [1.29, 1.82) is 0 Å². The van der Waals surface area contributed by atoms with Gasteiger partial charge < -0.3 is 4.74 Å². The number of ether oxygens (including phenoxy) is 1. The minimum absolute atomic E-state index is 0.0116. The van der Waals surface area contributed by atoms with E-state index in [9.17, 15) is 22.0 Å². The summed E-state index contributed by atoms with van der Waals surface area (Å²) >= 11 is 0. The van der Waals surface area contributed by atoms with Gasteiger partial charge in [-0.2, -0.15) is 0 Å². The van der Waals surface area contributed by atoms with Gasteiger partial charge in [0.1, 0.15) is 15.5 Å². The normalized spacial score (nSPS) is 11.8. The van der Waals surface area contributed by atoms with E-state index in [2.05, 4.69) is 15.0 Å². The molecule has 1 rings (SSSR count). The molecule has 0 saturated carbocycles. The molecule has 10 heteroatoms. The Morgan fingerprint density at radius 3 is 2.58 bits per heavy atom. The van der Waals surface area contributed by atoms with Gasteiger partial charge in [-0.1, -0.05) is 5.21 Å². The fraction of sp³-hybridized carbons (Fsp3) is 0.667. The van der Waals surface area contributed by atoms with Gasteiger partial charge in [0.2, 0.25) is 0 Å². The highest BCUT2D eigenvalue weighted by Gasteiger charge is 2.27. The largest absolute Gasteiger partial charge is 0.461 e. The second kappa shape index (κ2) is 6.04. The Hall–Kier alpha value is -1.58. The maximum atomic E-state index is 12.9. The van der Waals surface area contributed by atoms with Crippen LogP contribution in [0.3, 0.4) is 0 Å². The average molecular weight is 297 g/mol. The van der Waals surface area contributed by atoms with Crippen LogP contribution in [0.15, 0.2) is 0 Å². The Morgan fingerprint density at radius 1 is 1.47 bits per heavy atom. The van der Waals surface area contributed by atoms with Crippen molar-refractivity contribution >= 4 is 15.8 Å². The monoisotopic (exact) mass is 297 g/mol. The standard InChI is InChI=1S/C9H13F2N3O4S/c1-3-18-9(15)6-7(8(10)11)14(13-12-6)4-5-19(2,16)17/h8H,3-5H2,1-2H3. The molecule has 1 aromatic heterocycles. The molecule has 0 aliphatic carbocycles. The van der Waals surface area contributed by atoms with Crippen LogP contribution in [0.25, 0.3) is 0 Å². The summed E-state index contributed by atoms with van der Waals surface area (Å²) < 4.78 is 53.0. The van der Waals surface area contributed by atoms with E-state index in [-0.39, 0.29) is 18.9 Å². The average Bonchev–Trinajstić information content (AvgIpc) is 2.69. The first-order chi connectivity index (χ1) is 8.76. The van der Waals surface area contributed by atoms with Gasteiger partial charge in [0.05, 0.1) is 18.9 Å². The molecule has 0 bridgehead atoms. The van der Waals surface area contributed by atoms with Crippen LogP contribution in [0.2, 0.25) is 0 Å². The third kappa shape index (κ3) is 4.23. The van der Waals surface area contributed by atoms with Crippen molar-refractivity contribution in [2.45, 2.75) is 19.9 Å². The van der Waals surface area contributed by atoms with Gasteiger partial charge >= 0.3 is 5.97 Å². The summed E-state index contributed by atoms with van der Waals surface area (Å²) in [5, 5.41) is 6.69. The maximum Gasteiger partial charge on any atom is 0.361 e. The summed E-state index contributed by atoms with van der Waals surface area (Å²) in [4.78, 5) is 11.4. The summed E-state index contributed by atoms with van der Waals surface area (Å²) in [7, 11) is -3.34. The van der Waals surface area contributed by atoms with E-state index < -0.39 is 33.6 Å².